The topological polar surface area (TPSA) is 43.8 Å². The number of fused-ring (bicyclic) bond motifs is 2. The first kappa shape index (κ1) is 14.5. The number of likely N-dealkylation sites (tertiary alicyclic amines) is 1. The Morgan fingerprint density at radius 2 is 1.95 bits per heavy atom. The molecular formula is C17H24N2O2. The van der Waals surface area contributed by atoms with E-state index >= 15 is 0 Å². The molecule has 4 nitrogen and oxygen atoms in total. The minimum absolute atomic E-state index is 0.132. The van der Waals surface area contributed by atoms with Crippen molar-refractivity contribution in [3.05, 3.63) is 35.4 Å². The molecule has 1 fully saturated rings. The van der Waals surface area contributed by atoms with Gasteiger partial charge in [-0.3, -0.25) is 4.79 Å². The number of rotatable bonds is 2. The van der Waals surface area contributed by atoms with E-state index in [0.29, 0.717) is 0 Å². The maximum Gasteiger partial charge on any atom is 0.220 e. The van der Waals surface area contributed by atoms with Crippen molar-refractivity contribution < 1.29 is 9.90 Å². The van der Waals surface area contributed by atoms with Crippen LogP contribution in [0.25, 0.3) is 0 Å². The fourth-order valence-corrected chi connectivity index (χ4v) is 4.07. The van der Waals surface area contributed by atoms with Crippen LogP contribution in [-0.2, 0) is 16.8 Å². The summed E-state index contributed by atoms with van der Waals surface area (Å²) in [6, 6.07) is 8.59. The van der Waals surface area contributed by atoms with E-state index in [1.807, 2.05) is 0 Å². The van der Waals surface area contributed by atoms with Gasteiger partial charge < -0.3 is 14.9 Å². The predicted octanol–water partition coefficient (Wildman–Crippen LogP) is 1.37. The van der Waals surface area contributed by atoms with E-state index in [1.165, 1.54) is 11.1 Å². The summed E-state index contributed by atoms with van der Waals surface area (Å²) in [7, 11) is 0. The molecule has 114 valence electrons. The summed E-state index contributed by atoms with van der Waals surface area (Å²) in [5.74, 6) is 0.181. The number of amides is 1. The fourth-order valence-electron chi connectivity index (χ4n) is 4.07. The van der Waals surface area contributed by atoms with E-state index in [1.54, 1.807) is 6.92 Å². The second-order valence-electron chi connectivity index (χ2n) is 6.17. The molecule has 0 unspecified atom stereocenters. The van der Waals surface area contributed by atoms with Crippen LogP contribution >= 0.6 is 0 Å². The van der Waals surface area contributed by atoms with Crippen molar-refractivity contribution in [1.29, 1.82) is 0 Å². The molecule has 2 heterocycles. The van der Waals surface area contributed by atoms with Crippen LogP contribution in [0.5, 0.6) is 0 Å². The molecule has 1 amide bonds. The maximum atomic E-state index is 12.2. The standard InChI is InChI=1S/C17H24N2O2/c1-14(21)19-9-6-15-4-2-3-5-16(15)17(19)7-10-18(11-8-17)12-13-20/h2-5,20H,6-13H2,1H3. The predicted molar refractivity (Wildman–Crippen MR) is 82.0 cm³/mol. The van der Waals surface area contributed by atoms with Crippen molar-refractivity contribution in [2.24, 2.45) is 0 Å². The normalized spacial score (nSPS) is 21.3. The molecule has 0 radical (unpaired) electrons. The Morgan fingerprint density at radius 1 is 1.24 bits per heavy atom. The molecule has 1 N–H and O–H groups in total. The van der Waals surface area contributed by atoms with Gasteiger partial charge in [0.2, 0.25) is 5.91 Å². The Hall–Kier alpha value is -1.39. The van der Waals surface area contributed by atoms with Gasteiger partial charge in [-0.1, -0.05) is 24.3 Å². The van der Waals surface area contributed by atoms with Gasteiger partial charge >= 0.3 is 0 Å². The van der Waals surface area contributed by atoms with Gasteiger partial charge in [0.1, 0.15) is 0 Å². The summed E-state index contributed by atoms with van der Waals surface area (Å²) in [5, 5.41) is 9.11. The largest absolute Gasteiger partial charge is 0.395 e. The van der Waals surface area contributed by atoms with E-state index < -0.39 is 0 Å². The summed E-state index contributed by atoms with van der Waals surface area (Å²) in [4.78, 5) is 16.5. The first-order chi connectivity index (χ1) is 10.2. The van der Waals surface area contributed by atoms with Gasteiger partial charge in [-0.25, -0.2) is 0 Å². The number of carbonyl (C=O) groups is 1. The van der Waals surface area contributed by atoms with Crippen LogP contribution in [0.2, 0.25) is 0 Å². The van der Waals surface area contributed by atoms with Crippen LogP contribution in [0.3, 0.4) is 0 Å². The average molecular weight is 288 g/mol. The number of benzene rings is 1. The molecule has 2 aliphatic heterocycles. The van der Waals surface area contributed by atoms with Gasteiger partial charge in [-0.15, -0.1) is 0 Å². The molecule has 1 aromatic rings. The van der Waals surface area contributed by atoms with Crippen LogP contribution in [0.15, 0.2) is 24.3 Å². The number of hydrogen-bond acceptors (Lipinski definition) is 3. The summed E-state index contributed by atoms with van der Waals surface area (Å²) < 4.78 is 0. The summed E-state index contributed by atoms with van der Waals surface area (Å²) >= 11 is 0. The van der Waals surface area contributed by atoms with Crippen molar-refractivity contribution in [1.82, 2.24) is 9.80 Å². The van der Waals surface area contributed by atoms with Gasteiger partial charge in [0.25, 0.3) is 0 Å². The lowest BCUT2D eigenvalue weighted by Crippen LogP contribution is -2.57. The minimum Gasteiger partial charge on any atom is -0.395 e. The Balaban J connectivity index is 1.94. The SMILES string of the molecule is CC(=O)N1CCc2ccccc2C12CCN(CCO)CC2. The van der Waals surface area contributed by atoms with Crippen molar-refractivity contribution in [3.8, 4) is 0 Å². The molecule has 0 bridgehead atoms. The van der Waals surface area contributed by atoms with Crippen molar-refractivity contribution in [2.45, 2.75) is 31.7 Å². The number of nitrogens with zero attached hydrogens (tertiary/aromatic N) is 2. The van der Waals surface area contributed by atoms with Crippen LogP contribution in [0.1, 0.15) is 30.9 Å². The highest BCUT2D eigenvalue weighted by molar-refractivity contribution is 5.75. The van der Waals surface area contributed by atoms with E-state index in [-0.39, 0.29) is 18.1 Å². The Kier molecular flexibility index (Phi) is 4.00. The fraction of sp³-hybridized carbons (Fsp3) is 0.588. The third-order valence-electron chi connectivity index (χ3n) is 5.12. The van der Waals surface area contributed by atoms with E-state index in [2.05, 4.69) is 34.1 Å². The van der Waals surface area contributed by atoms with Gasteiger partial charge in [0, 0.05) is 33.1 Å². The molecule has 21 heavy (non-hydrogen) atoms. The molecule has 3 rings (SSSR count). The molecule has 1 aromatic carbocycles. The summed E-state index contributed by atoms with van der Waals surface area (Å²) in [6.45, 7) is 5.34. The first-order valence-electron chi connectivity index (χ1n) is 7.87. The van der Waals surface area contributed by atoms with Crippen LogP contribution in [-0.4, -0.2) is 53.6 Å². The maximum absolute atomic E-state index is 12.2. The Labute approximate surface area is 126 Å². The average Bonchev–Trinajstić information content (AvgIpc) is 2.50. The zero-order chi connectivity index (χ0) is 14.9. The Bertz CT molecular complexity index is 521. The second-order valence-corrected chi connectivity index (χ2v) is 6.17. The van der Waals surface area contributed by atoms with Crippen molar-refractivity contribution in [3.63, 3.8) is 0 Å². The summed E-state index contributed by atoms with van der Waals surface area (Å²) in [5.41, 5.74) is 2.60. The molecule has 0 saturated carbocycles. The van der Waals surface area contributed by atoms with Crippen LogP contribution < -0.4 is 0 Å². The minimum atomic E-state index is -0.132. The highest BCUT2D eigenvalue weighted by Crippen LogP contribution is 2.43. The zero-order valence-electron chi connectivity index (χ0n) is 12.7. The lowest BCUT2D eigenvalue weighted by Gasteiger charge is -2.52. The van der Waals surface area contributed by atoms with E-state index in [4.69, 9.17) is 5.11 Å². The lowest BCUT2D eigenvalue weighted by molar-refractivity contribution is -0.139. The number of aliphatic hydroxyl groups excluding tert-OH is 1. The van der Waals surface area contributed by atoms with Crippen LogP contribution in [0, 0.1) is 0 Å². The molecule has 0 aromatic heterocycles. The lowest BCUT2D eigenvalue weighted by atomic mass is 9.74. The van der Waals surface area contributed by atoms with E-state index in [0.717, 1.165) is 45.4 Å². The number of aliphatic hydroxyl groups is 1. The zero-order valence-corrected chi connectivity index (χ0v) is 12.7. The van der Waals surface area contributed by atoms with Gasteiger partial charge in [0.15, 0.2) is 0 Å². The van der Waals surface area contributed by atoms with Crippen LogP contribution in [0.4, 0.5) is 0 Å². The molecule has 1 saturated heterocycles. The molecular weight excluding hydrogens is 264 g/mol. The second kappa shape index (κ2) is 5.78. The number of hydrogen-bond donors (Lipinski definition) is 1. The Morgan fingerprint density at radius 3 is 2.62 bits per heavy atom. The number of carbonyl (C=O) groups excluding carboxylic acids is 1. The van der Waals surface area contributed by atoms with Gasteiger partial charge in [-0.05, 0) is 30.4 Å². The van der Waals surface area contributed by atoms with Gasteiger partial charge in [-0.2, -0.15) is 0 Å². The molecule has 0 atom stereocenters. The molecule has 1 spiro atoms. The number of β-amino-alcohol motifs (C(OH)–C–C–N with tert-alkyl or cyclic N) is 1. The monoisotopic (exact) mass is 288 g/mol. The molecule has 4 heteroatoms. The molecule has 0 aliphatic carbocycles. The smallest absolute Gasteiger partial charge is 0.220 e. The van der Waals surface area contributed by atoms with Crippen molar-refractivity contribution >= 4 is 5.91 Å². The van der Waals surface area contributed by atoms with Crippen molar-refractivity contribution in [2.75, 3.05) is 32.8 Å². The highest BCUT2D eigenvalue weighted by Gasteiger charge is 2.45. The summed E-state index contributed by atoms with van der Waals surface area (Å²) in [6.07, 6.45) is 2.88. The third-order valence-corrected chi connectivity index (χ3v) is 5.12. The third kappa shape index (κ3) is 2.47. The molecule has 2 aliphatic rings. The quantitative estimate of drug-likeness (QED) is 0.894. The van der Waals surface area contributed by atoms with E-state index in [9.17, 15) is 4.79 Å². The van der Waals surface area contributed by atoms with Gasteiger partial charge in [0.05, 0.1) is 12.1 Å². The first-order valence-corrected chi connectivity index (χ1v) is 7.87. The number of piperidine rings is 1. The highest BCUT2D eigenvalue weighted by atomic mass is 16.3.